The molecule has 0 bridgehead atoms. The Labute approximate surface area is 217 Å². The lowest BCUT2D eigenvalue weighted by Crippen LogP contribution is -2.40. The maximum Gasteiger partial charge on any atom is 0.433 e. The lowest BCUT2D eigenvalue weighted by molar-refractivity contribution is 0.0589. The molecule has 5 heteroatoms. The normalized spacial score (nSPS) is 11.3. The van der Waals surface area contributed by atoms with Gasteiger partial charge in [-0.2, -0.15) is 5.01 Å². The number of ether oxygens (including phenoxy) is 1. The van der Waals surface area contributed by atoms with Crippen LogP contribution in [0.2, 0.25) is 0 Å². The van der Waals surface area contributed by atoms with Crippen LogP contribution < -0.4 is 15.8 Å². The van der Waals surface area contributed by atoms with E-state index in [1.165, 1.54) is 16.0 Å². The highest BCUT2D eigenvalue weighted by atomic mass is 16.6. The first-order valence-electron chi connectivity index (χ1n) is 12.4. The molecular formula is C32H31N3O2. The van der Waals surface area contributed by atoms with E-state index in [1.54, 1.807) is 0 Å². The zero-order valence-electron chi connectivity index (χ0n) is 21.4. The Hall–Kier alpha value is -4.51. The van der Waals surface area contributed by atoms with E-state index in [0.717, 1.165) is 34.1 Å². The van der Waals surface area contributed by atoms with Crippen molar-refractivity contribution >= 4 is 44.7 Å². The summed E-state index contributed by atoms with van der Waals surface area (Å²) in [4.78, 5) is 13.0. The fourth-order valence-corrected chi connectivity index (χ4v) is 4.21. The average Bonchev–Trinajstić information content (AvgIpc) is 2.89. The van der Waals surface area contributed by atoms with Gasteiger partial charge in [-0.05, 0) is 96.4 Å². The van der Waals surface area contributed by atoms with Crippen molar-refractivity contribution in [3.05, 3.63) is 115 Å². The monoisotopic (exact) mass is 489 g/mol. The van der Waals surface area contributed by atoms with Crippen LogP contribution in [0.5, 0.6) is 0 Å². The lowest BCUT2D eigenvalue weighted by Gasteiger charge is -2.28. The number of hydrogen-bond acceptors (Lipinski definition) is 4. The molecular weight excluding hydrogens is 458 g/mol. The summed E-state index contributed by atoms with van der Waals surface area (Å²) in [6, 6.07) is 36.7. The third kappa shape index (κ3) is 6.01. The van der Waals surface area contributed by atoms with Crippen molar-refractivity contribution in [3.63, 3.8) is 0 Å². The fraction of sp³-hybridized carbons (Fsp3) is 0.156. The second-order valence-corrected chi connectivity index (χ2v) is 10.1. The van der Waals surface area contributed by atoms with Gasteiger partial charge < -0.3 is 10.1 Å². The van der Waals surface area contributed by atoms with Crippen LogP contribution in [0.15, 0.2) is 109 Å². The number of fused-ring (bicyclic) bond motifs is 2. The number of carbonyl (C=O) groups excluding carboxylic acids is 1. The van der Waals surface area contributed by atoms with Gasteiger partial charge in [-0.3, -0.25) is 5.43 Å². The average molecular weight is 490 g/mol. The van der Waals surface area contributed by atoms with Crippen LogP contribution in [0.1, 0.15) is 26.3 Å². The highest BCUT2D eigenvalue weighted by Gasteiger charge is 2.23. The minimum atomic E-state index is -0.608. The summed E-state index contributed by atoms with van der Waals surface area (Å²) >= 11 is 0. The summed E-state index contributed by atoms with van der Waals surface area (Å²) in [7, 11) is 0. The molecule has 5 aromatic carbocycles. The topological polar surface area (TPSA) is 53.6 Å². The number of benzene rings is 5. The number of hydrogen-bond donors (Lipinski definition) is 2. The highest BCUT2D eigenvalue weighted by Crippen LogP contribution is 2.29. The van der Waals surface area contributed by atoms with Gasteiger partial charge in [0, 0.05) is 12.2 Å². The molecule has 0 fully saturated rings. The predicted octanol–water partition coefficient (Wildman–Crippen LogP) is 8.37. The molecule has 37 heavy (non-hydrogen) atoms. The first kappa shape index (κ1) is 24.2. The van der Waals surface area contributed by atoms with Crippen molar-refractivity contribution in [2.24, 2.45) is 0 Å². The third-order valence-electron chi connectivity index (χ3n) is 5.97. The van der Waals surface area contributed by atoms with Crippen molar-refractivity contribution in [1.29, 1.82) is 0 Å². The standard InChI is InChI=1S/C32H31N3O2/c1-32(2,3)37-31(36)35(30-12-8-5-9-13-30)34-29-17-15-25-18-26-20-28(16-14-24(26)19-27(25)21-29)33-22-23-10-6-4-7-11-23/h4-21,33-34H,22H2,1-3H3. The number of carbonyl (C=O) groups is 1. The van der Waals surface area contributed by atoms with Gasteiger partial charge >= 0.3 is 6.09 Å². The molecule has 0 aliphatic carbocycles. The number of rotatable bonds is 6. The van der Waals surface area contributed by atoms with E-state index in [9.17, 15) is 4.79 Å². The molecule has 0 spiro atoms. The van der Waals surface area contributed by atoms with Gasteiger partial charge in [0.25, 0.3) is 0 Å². The molecule has 0 aliphatic heterocycles. The predicted molar refractivity (Wildman–Crippen MR) is 154 cm³/mol. The molecule has 0 saturated carbocycles. The Kier molecular flexibility index (Phi) is 6.69. The van der Waals surface area contributed by atoms with E-state index in [4.69, 9.17) is 4.74 Å². The van der Waals surface area contributed by atoms with Crippen molar-refractivity contribution in [2.75, 3.05) is 15.8 Å². The summed E-state index contributed by atoms with van der Waals surface area (Å²) in [5, 5.41) is 9.49. The van der Waals surface area contributed by atoms with Gasteiger partial charge in [0.2, 0.25) is 0 Å². The van der Waals surface area contributed by atoms with E-state index in [2.05, 4.69) is 77.5 Å². The SMILES string of the molecule is CC(C)(C)OC(=O)N(Nc1ccc2cc3cc(NCc4ccccc4)ccc3cc2c1)c1ccccc1. The summed E-state index contributed by atoms with van der Waals surface area (Å²) in [5.74, 6) is 0. The lowest BCUT2D eigenvalue weighted by atomic mass is 10.0. The Morgan fingerprint density at radius 1 is 0.703 bits per heavy atom. The molecule has 0 atom stereocenters. The van der Waals surface area contributed by atoms with Crippen LogP contribution in [-0.2, 0) is 11.3 Å². The first-order chi connectivity index (χ1) is 17.8. The van der Waals surface area contributed by atoms with E-state index < -0.39 is 11.7 Å². The molecule has 5 aromatic rings. The third-order valence-corrected chi connectivity index (χ3v) is 5.97. The van der Waals surface area contributed by atoms with Gasteiger partial charge in [-0.15, -0.1) is 0 Å². The highest BCUT2D eigenvalue weighted by molar-refractivity contribution is 6.01. The van der Waals surface area contributed by atoms with Gasteiger partial charge in [-0.1, -0.05) is 60.7 Å². The molecule has 0 unspecified atom stereocenters. The van der Waals surface area contributed by atoms with Crippen molar-refractivity contribution in [1.82, 2.24) is 0 Å². The second-order valence-electron chi connectivity index (χ2n) is 10.1. The molecule has 2 N–H and O–H groups in total. The van der Waals surface area contributed by atoms with Gasteiger partial charge in [0.1, 0.15) is 5.60 Å². The number of para-hydroxylation sites is 1. The molecule has 0 aliphatic rings. The second kappa shape index (κ2) is 10.2. The molecule has 1 amide bonds. The molecule has 0 saturated heterocycles. The zero-order valence-corrected chi connectivity index (χ0v) is 21.4. The minimum absolute atomic E-state index is 0.465. The molecule has 0 heterocycles. The quantitative estimate of drug-likeness (QED) is 0.186. The van der Waals surface area contributed by atoms with Crippen LogP contribution in [0.3, 0.4) is 0 Å². The van der Waals surface area contributed by atoms with Crippen molar-refractivity contribution in [3.8, 4) is 0 Å². The first-order valence-corrected chi connectivity index (χ1v) is 12.4. The Bertz CT molecular complexity index is 1530. The molecule has 5 nitrogen and oxygen atoms in total. The van der Waals surface area contributed by atoms with Crippen LogP contribution in [-0.4, -0.2) is 11.7 Å². The number of amides is 1. The number of hydrazine groups is 1. The largest absolute Gasteiger partial charge is 0.442 e. The smallest absolute Gasteiger partial charge is 0.433 e. The number of nitrogens with zero attached hydrogens (tertiary/aromatic N) is 1. The van der Waals surface area contributed by atoms with E-state index in [-0.39, 0.29) is 0 Å². The van der Waals surface area contributed by atoms with E-state index in [0.29, 0.717) is 5.69 Å². The van der Waals surface area contributed by atoms with Gasteiger partial charge in [-0.25, -0.2) is 4.79 Å². The number of nitrogens with one attached hydrogen (secondary N) is 2. The van der Waals surface area contributed by atoms with Crippen LogP contribution in [0.25, 0.3) is 21.5 Å². The Morgan fingerprint density at radius 2 is 1.27 bits per heavy atom. The molecule has 5 rings (SSSR count). The summed E-state index contributed by atoms with van der Waals surface area (Å²) in [6.07, 6.45) is -0.465. The van der Waals surface area contributed by atoms with Gasteiger partial charge in [0.05, 0.1) is 11.4 Å². The maximum atomic E-state index is 13.0. The molecule has 186 valence electrons. The Morgan fingerprint density at radius 3 is 1.89 bits per heavy atom. The van der Waals surface area contributed by atoms with E-state index in [1.807, 2.05) is 63.2 Å². The zero-order chi connectivity index (χ0) is 25.8. The van der Waals surface area contributed by atoms with Crippen LogP contribution >= 0.6 is 0 Å². The fourth-order valence-electron chi connectivity index (χ4n) is 4.21. The maximum absolute atomic E-state index is 13.0. The van der Waals surface area contributed by atoms with Crippen LogP contribution in [0, 0.1) is 0 Å². The summed E-state index contributed by atoms with van der Waals surface area (Å²) in [6.45, 7) is 6.36. The number of anilines is 3. The van der Waals surface area contributed by atoms with Crippen molar-refractivity contribution < 1.29 is 9.53 Å². The van der Waals surface area contributed by atoms with Gasteiger partial charge in [0.15, 0.2) is 0 Å². The summed E-state index contributed by atoms with van der Waals surface area (Å²) < 4.78 is 5.65. The molecule has 0 radical (unpaired) electrons. The van der Waals surface area contributed by atoms with Crippen molar-refractivity contribution in [2.45, 2.75) is 32.9 Å². The minimum Gasteiger partial charge on any atom is -0.442 e. The van der Waals surface area contributed by atoms with E-state index >= 15 is 0 Å². The molecule has 0 aromatic heterocycles. The Balaban J connectivity index is 1.40. The summed E-state index contributed by atoms with van der Waals surface area (Å²) in [5.41, 5.74) is 6.47. The van der Waals surface area contributed by atoms with Crippen LogP contribution in [0.4, 0.5) is 21.9 Å².